The molecule has 0 fully saturated rings. The SMILES string of the molecule is Cc1cc2nc(N(CCCN(C)C)C(=O)c3ccc(S(=O)(=O)N(CC(C)C)CC(C)C)cc3)sc2cc1C. The van der Waals surface area contributed by atoms with Crippen molar-refractivity contribution in [3.63, 3.8) is 0 Å². The van der Waals surface area contributed by atoms with Gasteiger partial charge >= 0.3 is 0 Å². The number of benzene rings is 2. The van der Waals surface area contributed by atoms with Crippen LogP contribution in [0.1, 0.15) is 55.6 Å². The first-order chi connectivity index (χ1) is 17.8. The van der Waals surface area contributed by atoms with Gasteiger partial charge < -0.3 is 4.90 Å². The zero-order valence-electron chi connectivity index (χ0n) is 24.0. The summed E-state index contributed by atoms with van der Waals surface area (Å²) in [5, 5.41) is 0.658. The fourth-order valence-electron chi connectivity index (χ4n) is 4.27. The molecular weight excluding hydrogens is 516 g/mol. The topological polar surface area (TPSA) is 73.8 Å². The summed E-state index contributed by atoms with van der Waals surface area (Å²) in [6, 6.07) is 10.5. The van der Waals surface area contributed by atoms with Crippen molar-refractivity contribution in [2.45, 2.75) is 52.9 Å². The Labute approximate surface area is 232 Å². The van der Waals surface area contributed by atoms with Crippen molar-refractivity contribution in [1.29, 1.82) is 0 Å². The first kappa shape index (κ1) is 30.2. The zero-order chi connectivity index (χ0) is 28.2. The lowest BCUT2D eigenvalue weighted by atomic mass is 10.1. The molecule has 0 unspecified atom stereocenters. The van der Waals surface area contributed by atoms with Crippen LogP contribution in [0, 0.1) is 25.7 Å². The number of hydrogen-bond acceptors (Lipinski definition) is 6. The molecule has 3 aromatic rings. The average molecular weight is 559 g/mol. The van der Waals surface area contributed by atoms with Gasteiger partial charge in [-0.25, -0.2) is 13.4 Å². The number of amides is 1. The van der Waals surface area contributed by atoms with Gasteiger partial charge in [0.2, 0.25) is 10.0 Å². The van der Waals surface area contributed by atoms with Gasteiger partial charge in [0.05, 0.1) is 15.1 Å². The molecule has 0 radical (unpaired) electrons. The minimum Gasteiger partial charge on any atom is -0.309 e. The Balaban J connectivity index is 1.92. The molecular formula is C29H42N4O3S2. The molecule has 7 nitrogen and oxygen atoms in total. The molecule has 9 heteroatoms. The molecule has 1 aromatic heterocycles. The summed E-state index contributed by atoms with van der Waals surface area (Å²) in [5.74, 6) is 0.240. The van der Waals surface area contributed by atoms with E-state index in [4.69, 9.17) is 4.98 Å². The Morgan fingerprint density at radius 3 is 2.05 bits per heavy atom. The van der Waals surface area contributed by atoms with Crippen molar-refractivity contribution in [3.8, 4) is 0 Å². The first-order valence-corrected chi connectivity index (χ1v) is 15.5. The molecule has 3 rings (SSSR count). The first-order valence-electron chi connectivity index (χ1n) is 13.2. The fourth-order valence-corrected chi connectivity index (χ4v) is 7.11. The summed E-state index contributed by atoms with van der Waals surface area (Å²) in [4.78, 5) is 22.6. The van der Waals surface area contributed by atoms with E-state index >= 15 is 0 Å². The molecule has 208 valence electrons. The summed E-state index contributed by atoms with van der Waals surface area (Å²) in [6.45, 7) is 14.5. The third-order valence-corrected chi connectivity index (χ3v) is 9.22. The Bertz CT molecular complexity index is 1300. The number of aryl methyl sites for hydroxylation is 2. The molecule has 0 aliphatic rings. The molecule has 0 atom stereocenters. The molecule has 1 amide bonds. The lowest BCUT2D eigenvalue weighted by molar-refractivity contribution is 0.0986. The standard InChI is InChI=1S/C29H42N4O3S2/c1-20(2)18-32(19-21(3)4)38(35,36)25-12-10-24(11-13-25)28(34)33(15-9-14-31(7)8)29-30-26-16-22(5)23(6)17-27(26)37-29/h10-13,16-17,20-21H,9,14-15,18-19H2,1-8H3. The van der Waals surface area contributed by atoms with Crippen LogP contribution in [0.25, 0.3) is 10.2 Å². The van der Waals surface area contributed by atoms with E-state index in [0.29, 0.717) is 30.3 Å². The smallest absolute Gasteiger partial charge is 0.260 e. The Kier molecular flexibility index (Phi) is 10.1. The average Bonchev–Trinajstić information content (AvgIpc) is 3.22. The number of carbonyl (C=O) groups excluding carboxylic acids is 1. The zero-order valence-corrected chi connectivity index (χ0v) is 25.6. The number of anilines is 1. The molecule has 0 saturated carbocycles. The van der Waals surface area contributed by atoms with Gasteiger partial charge in [-0.05, 0) is 100 Å². The second kappa shape index (κ2) is 12.7. The van der Waals surface area contributed by atoms with Crippen LogP contribution in [0.3, 0.4) is 0 Å². The number of hydrogen-bond donors (Lipinski definition) is 0. The number of aromatic nitrogens is 1. The van der Waals surface area contributed by atoms with Crippen molar-refractivity contribution in [1.82, 2.24) is 14.2 Å². The largest absolute Gasteiger partial charge is 0.309 e. The van der Waals surface area contributed by atoms with E-state index in [1.165, 1.54) is 22.5 Å². The van der Waals surface area contributed by atoms with Gasteiger partial charge in [-0.15, -0.1) is 0 Å². The molecule has 0 spiro atoms. The van der Waals surface area contributed by atoms with E-state index in [-0.39, 0.29) is 22.6 Å². The van der Waals surface area contributed by atoms with E-state index in [0.717, 1.165) is 23.2 Å². The van der Waals surface area contributed by atoms with Gasteiger partial charge in [-0.2, -0.15) is 4.31 Å². The summed E-state index contributed by atoms with van der Waals surface area (Å²) in [6.07, 6.45) is 0.790. The quantitative estimate of drug-likeness (QED) is 0.280. The lowest BCUT2D eigenvalue weighted by Crippen LogP contribution is -2.37. The number of fused-ring (bicyclic) bond motifs is 1. The highest BCUT2D eigenvalue weighted by Gasteiger charge is 2.27. The van der Waals surface area contributed by atoms with E-state index in [9.17, 15) is 13.2 Å². The fraction of sp³-hybridized carbons (Fsp3) is 0.517. The molecule has 0 bridgehead atoms. The molecule has 0 N–H and O–H groups in total. The van der Waals surface area contributed by atoms with Crippen molar-refractivity contribution in [2.24, 2.45) is 11.8 Å². The molecule has 2 aromatic carbocycles. The Morgan fingerprint density at radius 1 is 0.921 bits per heavy atom. The maximum atomic E-state index is 13.7. The van der Waals surface area contributed by atoms with Crippen LogP contribution in [0.2, 0.25) is 0 Å². The summed E-state index contributed by atoms with van der Waals surface area (Å²) >= 11 is 1.51. The second-order valence-corrected chi connectivity index (χ2v) is 14.1. The van der Waals surface area contributed by atoms with Crippen LogP contribution in [0.15, 0.2) is 41.3 Å². The molecule has 0 aliphatic carbocycles. The maximum absolute atomic E-state index is 13.7. The number of sulfonamides is 1. The minimum absolute atomic E-state index is 0.179. The molecule has 1 heterocycles. The third kappa shape index (κ3) is 7.40. The highest BCUT2D eigenvalue weighted by Crippen LogP contribution is 2.32. The van der Waals surface area contributed by atoms with Gasteiger partial charge in [0.1, 0.15) is 0 Å². The van der Waals surface area contributed by atoms with E-state index in [1.54, 1.807) is 33.5 Å². The number of nitrogens with zero attached hydrogens (tertiary/aromatic N) is 4. The van der Waals surface area contributed by atoms with Crippen molar-refractivity contribution < 1.29 is 13.2 Å². The van der Waals surface area contributed by atoms with Crippen LogP contribution in [-0.4, -0.2) is 68.8 Å². The minimum atomic E-state index is -3.66. The van der Waals surface area contributed by atoms with Crippen molar-refractivity contribution in [2.75, 3.05) is 45.2 Å². The predicted molar refractivity (Wildman–Crippen MR) is 159 cm³/mol. The highest BCUT2D eigenvalue weighted by atomic mass is 32.2. The number of carbonyl (C=O) groups is 1. The predicted octanol–water partition coefficient (Wildman–Crippen LogP) is 5.81. The summed E-state index contributed by atoms with van der Waals surface area (Å²) in [5.41, 5.74) is 3.69. The van der Waals surface area contributed by atoms with Crippen molar-refractivity contribution in [3.05, 3.63) is 53.1 Å². The van der Waals surface area contributed by atoms with E-state index in [2.05, 4.69) is 30.9 Å². The third-order valence-electron chi connectivity index (χ3n) is 6.33. The van der Waals surface area contributed by atoms with Gasteiger partial charge in [0.15, 0.2) is 5.13 Å². The van der Waals surface area contributed by atoms with Gasteiger partial charge in [-0.1, -0.05) is 39.0 Å². The Morgan fingerprint density at radius 2 is 1.50 bits per heavy atom. The summed E-state index contributed by atoms with van der Waals surface area (Å²) in [7, 11) is 0.358. The van der Waals surface area contributed by atoms with Crippen LogP contribution < -0.4 is 4.90 Å². The van der Waals surface area contributed by atoms with E-state index < -0.39 is 10.0 Å². The van der Waals surface area contributed by atoms with Crippen LogP contribution >= 0.6 is 11.3 Å². The van der Waals surface area contributed by atoms with Gasteiger partial charge in [0, 0.05) is 25.2 Å². The molecule has 0 saturated heterocycles. The molecule has 38 heavy (non-hydrogen) atoms. The monoisotopic (exact) mass is 558 g/mol. The summed E-state index contributed by atoms with van der Waals surface area (Å²) < 4.78 is 29.4. The van der Waals surface area contributed by atoms with Crippen LogP contribution in [-0.2, 0) is 10.0 Å². The maximum Gasteiger partial charge on any atom is 0.260 e. The van der Waals surface area contributed by atoms with Crippen LogP contribution in [0.5, 0.6) is 0 Å². The Hall–Kier alpha value is -2.33. The highest BCUT2D eigenvalue weighted by molar-refractivity contribution is 7.89. The number of thiazole rings is 1. The second-order valence-electron chi connectivity index (χ2n) is 11.1. The number of rotatable bonds is 12. The molecule has 0 aliphatic heterocycles. The van der Waals surface area contributed by atoms with Crippen LogP contribution in [0.4, 0.5) is 5.13 Å². The lowest BCUT2D eigenvalue weighted by Gasteiger charge is -2.26. The van der Waals surface area contributed by atoms with Crippen molar-refractivity contribution >= 4 is 42.6 Å². The van der Waals surface area contributed by atoms with Gasteiger partial charge in [0.25, 0.3) is 5.91 Å². The normalized spacial score (nSPS) is 12.4. The van der Waals surface area contributed by atoms with Gasteiger partial charge in [-0.3, -0.25) is 9.69 Å². The van der Waals surface area contributed by atoms with E-state index in [1.807, 2.05) is 41.8 Å².